The zero-order valence-electron chi connectivity index (χ0n) is 14.7. The Labute approximate surface area is 151 Å². The van der Waals surface area contributed by atoms with Crippen LogP contribution in [0.5, 0.6) is 5.88 Å². The fourth-order valence-electron chi connectivity index (χ4n) is 2.93. The minimum atomic E-state index is -0.307. The number of nitrogens with one attached hydrogen (secondary N) is 1. The van der Waals surface area contributed by atoms with Crippen LogP contribution in [-0.4, -0.2) is 15.6 Å². The highest BCUT2D eigenvalue weighted by Crippen LogP contribution is 2.23. The second-order valence-electron chi connectivity index (χ2n) is 6.02. The lowest BCUT2D eigenvalue weighted by molar-refractivity contribution is 0.102. The Hall–Kier alpha value is -3.34. The molecule has 0 aliphatic rings. The molecule has 5 heteroatoms. The van der Waals surface area contributed by atoms with Crippen LogP contribution in [-0.2, 0) is 6.42 Å². The summed E-state index contributed by atoms with van der Waals surface area (Å²) in [5.74, 6) is -0.295. The Kier molecular flexibility index (Phi) is 4.89. The Morgan fingerprint density at radius 2 is 1.73 bits per heavy atom. The molecule has 0 aliphatic heterocycles. The monoisotopic (exact) mass is 348 g/mol. The number of benzene rings is 2. The highest BCUT2D eigenvalue weighted by molar-refractivity contribution is 6.04. The van der Waals surface area contributed by atoms with Crippen LogP contribution in [0.3, 0.4) is 0 Å². The number of anilines is 1. The van der Waals surface area contributed by atoms with Crippen molar-refractivity contribution in [2.24, 2.45) is 0 Å². The van der Waals surface area contributed by atoms with Gasteiger partial charge in [0.15, 0.2) is 0 Å². The van der Waals surface area contributed by atoms with Gasteiger partial charge in [-0.2, -0.15) is 0 Å². The third-order valence-electron chi connectivity index (χ3n) is 4.29. The first-order chi connectivity index (χ1) is 12.5. The molecule has 1 heterocycles. The molecule has 0 aliphatic carbocycles. The summed E-state index contributed by atoms with van der Waals surface area (Å²) in [6, 6.07) is 17.2. The van der Waals surface area contributed by atoms with Crippen molar-refractivity contribution in [2.75, 3.05) is 5.32 Å². The van der Waals surface area contributed by atoms with Crippen LogP contribution in [0.4, 0.5) is 5.69 Å². The van der Waals surface area contributed by atoms with Gasteiger partial charge in [0.2, 0.25) is 5.88 Å². The molecular formula is C21H20N2O3. The zero-order valence-corrected chi connectivity index (χ0v) is 14.7. The second-order valence-corrected chi connectivity index (χ2v) is 6.02. The van der Waals surface area contributed by atoms with Gasteiger partial charge in [-0.05, 0) is 55.3 Å². The number of para-hydroxylation sites is 1. The van der Waals surface area contributed by atoms with Crippen LogP contribution in [0.1, 0.15) is 28.4 Å². The molecular weight excluding hydrogens is 328 g/mol. The molecule has 3 rings (SSSR count). The topological polar surface area (TPSA) is 71.3 Å². The van der Waals surface area contributed by atoms with Gasteiger partial charge in [-0.3, -0.25) is 9.59 Å². The SMILES string of the molecule is CCc1c(C)cc(=O)n(-c2ccc(C(=O)Nc3ccccc3)cc2)c1O. The third kappa shape index (κ3) is 3.37. The van der Waals surface area contributed by atoms with Gasteiger partial charge in [0.1, 0.15) is 0 Å². The van der Waals surface area contributed by atoms with Gasteiger partial charge < -0.3 is 10.4 Å². The summed E-state index contributed by atoms with van der Waals surface area (Å²) >= 11 is 0. The maximum Gasteiger partial charge on any atom is 0.258 e. The van der Waals surface area contributed by atoms with Crippen molar-refractivity contribution in [1.29, 1.82) is 0 Å². The van der Waals surface area contributed by atoms with E-state index in [4.69, 9.17) is 0 Å². The molecule has 1 aromatic heterocycles. The first kappa shape index (κ1) is 17.5. The number of aromatic hydroxyl groups is 1. The molecule has 2 N–H and O–H groups in total. The van der Waals surface area contributed by atoms with E-state index < -0.39 is 0 Å². The summed E-state index contributed by atoms with van der Waals surface area (Å²) in [4.78, 5) is 24.6. The average Bonchev–Trinajstić information content (AvgIpc) is 2.63. The standard InChI is InChI=1S/C21H20N2O3/c1-3-18-14(2)13-19(24)23(21(18)26)17-11-9-15(10-12-17)20(25)22-16-7-5-4-6-8-16/h4-13,26H,3H2,1-2H3,(H,22,25). The molecule has 0 saturated heterocycles. The van der Waals surface area contributed by atoms with Crippen molar-refractivity contribution in [3.05, 3.63) is 87.7 Å². The van der Waals surface area contributed by atoms with Crippen molar-refractivity contribution in [1.82, 2.24) is 4.57 Å². The summed E-state index contributed by atoms with van der Waals surface area (Å²) < 4.78 is 1.25. The van der Waals surface area contributed by atoms with E-state index in [1.165, 1.54) is 10.6 Å². The van der Waals surface area contributed by atoms with E-state index in [0.717, 1.165) is 11.1 Å². The van der Waals surface area contributed by atoms with Crippen LogP contribution < -0.4 is 10.9 Å². The van der Waals surface area contributed by atoms with Gasteiger partial charge in [0.25, 0.3) is 11.5 Å². The van der Waals surface area contributed by atoms with Gasteiger partial charge in [-0.25, -0.2) is 4.57 Å². The van der Waals surface area contributed by atoms with E-state index in [0.29, 0.717) is 23.4 Å². The van der Waals surface area contributed by atoms with Crippen molar-refractivity contribution in [3.63, 3.8) is 0 Å². The predicted molar refractivity (Wildman–Crippen MR) is 102 cm³/mol. The summed E-state index contributed by atoms with van der Waals surface area (Å²) in [5, 5.41) is 13.3. The summed E-state index contributed by atoms with van der Waals surface area (Å²) in [7, 11) is 0. The minimum Gasteiger partial charge on any atom is -0.494 e. The van der Waals surface area contributed by atoms with Crippen LogP contribution in [0, 0.1) is 6.92 Å². The van der Waals surface area contributed by atoms with Crippen molar-refractivity contribution in [3.8, 4) is 11.6 Å². The zero-order chi connectivity index (χ0) is 18.7. The van der Waals surface area contributed by atoms with Crippen molar-refractivity contribution >= 4 is 11.6 Å². The van der Waals surface area contributed by atoms with E-state index in [-0.39, 0.29) is 17.3 Å². The van der Waals surface area contributed by atoms with E-state index >= 15 is 0 Å². The number of rotatable bonds is 4. The largest absolute Gasteiger partial charge is 0.494 e. The van der Waals surface area contributed by atoms with Gasteiger partial charge in [-0.1, -0.05) is 25.1 Å². The third-order valence-corrected chi connectivity index (χ3v) is 4.29. The van der Waals surface area contributed by atoms with Crippen LogP contribution in [0.15, 0.2) is 65.5 Å². The van der Waals surface area contributed by atoms with Gasteiger partial charge in [-0.15, -0.1) is 0 Å². The van der Waals surface area contributed by atoms with Crippen molar-refractivity contribution in [2.45, 2.75) is 20.3 Å². The van der Waals surface area contributed by atoms with E-state index in [1.54, 1.807) is 31.2 Å². The Morgan fingerprint density at radius 3 is 2.35 bits per heavy atom. The molecule has 3 aromatic rings. The van der Waals surface area contributed by atoms with Crippen LogP contribution >= 0.6 is 0 Å². The molecule has 0 fully saturated rings. The molecule has 26 heavy (non-hydrogen) atoms. The maximum atomic E-state index is 12.3. The van der Waals surface area contributed by atoms with Crippen LogP contribution in [0.25, 0.3) is 5.69 Å². The number of carbonyl (C=O) groups is 1. The normalized spacial score (nSPS) is 10.5. The molecule has 0 bridgehead atoms. The minimum absolute atomic E-state index is 0.0565. The number of aromatic nitrogens is 1. The Bertz CT molecular complexity index is 990. The maximum absolute atomic E-state index is 12.3. The first-order valence-corrected chi connectivity index (χ1v) is 8.42. The molecule has 1 amide bonds. The van der Waals surface area contributed by atoms with Gasteiger partial charge in [0, 0.05) is 22.9 Å². The van der Waals surface area contributed by atoms with Gasteiger partial charge >= 0.3 is 0 Å². The summed E-state index contributed by atoms with van der Waals surface area (Å²) in [6.07, 6.45) is 0.621. The molecule has 0 atom stereocenters. The first-order valence-electron chi connectivity index (χ1n) is 8.42. The quantitative estimate of drug-likeness (QED) is 0.756. The molecule has 0 spiro atoms. The van der Waals surface area contributed by atoms with Crippen LogP contribution in [0.2, 0.25) is 0 Å². The summed E-state index contributed by atoms with van der Waals surface area (Å²) in [5.41, 5.74) is 2.88. The molecule has 5 nitrogen and oxygen atoms in total. The molecule has 2 aromatic carbocycles. The number of aryl methyl sites for hydroxylation is 1. The molecule has 0 unspecified atom stereocenters. The molecule has 0 radical (unpaired) electrons. The molecule has 0 saturated carbocycles. The fourth-order valence-corrected chi connectivity index (χ4v) is 2.93. The second kappa shape index (κ2) is 7.27. The lowest BCUT2D eigenvalue weighted by atomic mass is 10.1. The lowest BCUT2D eigenvalue weighted by Gasteiger charge is -2.14. The van der Waals surface area contributed by atoms with Crippen molar-refractivity contribution < 1.29 is 9.90 Å². The molecule has 132 valence electrons. The number of carbonyl (C=O) groups excluding carboxylic acids is 1. The number of nitrogens with zero attached hydrogens (tertiary/aromatic N) is 1. The fraction of sp³-hybridized carbons (Fsp3) is 0.143. The van der Waals surface area contributed by atoms with E-state index in [2.05, 4.69) is 5.32 Å². The van der Waals surface area contributed by atoms with Gasteiger partial charge in [0.05, 0.1) is 5.69 Å². The Morgan fingerprint density at radius 1 is 1.08 bits per heavy atom. The number of hydrogen-bond acceptors (Lipinski definition) is 3. The lowest BCUT2D eigenvalue weighted by Crippen LogP contribution is -2.19. The highest BCUT2D eigenvalue weighted by atomic mass is 16.3. The van der Waals surface area contributed by atoms with E-state index in [9.17, 15) is 14.7 Å². The Balaban J connectivity index is 1.91. The smallest absolute Gasteiger partial charge is 0.258 e. The van der Waals surface area contributed by atoms with E-state index in [1.807, 2.05) is 37.3 Å². The number of amides is 1. The summed E-state index contributed by atoms with van der Waals surface area (Å²) in [6.45, 7) is 3.73. The average molecular weight is 348 g/mol. The number of hydrogen-bond donors (Lipinski definition) is 2. The highest BCUT2D eigenvalue weighted by Gasteiger charge is 2.13. The predicted octanol–water partition coefficient (Wildman–Crippen LogP) is 3.67. The number of pyridine rings is 1.